The lowest BCUT2D eigenvalue weighted by Crippen LogP contribution is -2.25. The molecule has 0 saturated carbocycles. The molecule has 0 bridgehead atoms. The fourth-order valence-electron chi connectivity index (χ4n) is 2.26. The van der Waals surface area contributed by atoms with E-state index in [1.54, 1.807) is 12.3 Å². The van der Waals surface area contributed by atoms with Crippen LogP contribution in [-0.2, 0) is 22.2 Å². The van der Waals surface area contributed by atoms with Crippen LogP contribution in [0.4, 0.5) is 5.82 Å². The van der Waals surface area contributed by atoms with E-state index < -0.39 is 0 Å². The maximum absolute atomic E-state index is 12.3. The number of aryl methyl sites for hydroxylation is 1. The summed E-state index contributed by atoms with van der Waals surface area (Å²) in [6, 6.07) is 3.78. The van der Waals surface area contributed by atoms with Crippen LogP contribution in [0.3, 0.4) is 0 Å². The van der Waals surface area contributed by atoms with Gasteiger partial charge in [-0.1, -0.05) is 25.9 Å². The molecule has 0 atom stereocenters. The van der Waals surface area contributed by atoms with Gasteiger partial charge in [0, 0.05) is 30.0 Å². The van der Waals surface area contributed by atoms with Crippen LogP contribution in [0, 0.1) is 11.3 Å². The molecule has 2 aromatic heterocycles. The topological polar surface area (TPSA) is 96.7 Å². The molecule has 0 aliphatic rings. The number of aromatic nitrogens is 3. The minimum Gasteiger partial charge on any atom is -0.339 e. The summed E-state index contributed by atoms with van der Waals surface area (Å²) >= 11 is 0. The van der Waals surface area contributed by atoms with Crippen molar-refractivity contribution < 1.29 is 9.32 Å². The minimum atomic E-state index is -0.244. The zero-order chi connectivity index (χ0) is 18.8. The molecular formula is C18H25N5O2. The number of nitriles is 1. The minimum absolute atomic E-state index is 0.163. The third-order valence-corrected chi connectivity index (χ3v) is 3.64. The van der Waals surface area contributed by atoms with Crippen molar-refractivity contribution in [2.24, 2.45) is 0 Å². The lowest BCUT2D eigenvalue weighted by Gasteiger charge is -2.24. The number of anilines is 1. The molecule has 7 nitrogen and oxygen atoms in total. The summed E-state index contributed by atoms with van der Waals surface area (Å²) in [5.74, 6) is 1.52. The number of nitrogens with one attached hydrogen (secondary N) is 1. The Labute approximate surface area is 148 Å². The average Bonchev–Trinajstić information content (AvgIpc) is 3.10. The Morgan fingerprint density at radius 1 is 1.32 bits per heavy atom. The fourth-order valence-corrected chi connectivity index (χ4v) is 2.26. The quantitative estimate of drug-likeness (QED) is 0.918. The first kappa shape index (κ1) is 18.7. The molecule has 0 fully saturated rings. The van der Waals surface area contributed by atoms with Crippen LogP contribution in [0.5, 0.6) is 0 Å². The summed E-state index contributed by atoms with van der Waals surface area (Å²) in [4.78, 5) is 16.6. The number of rotatable bonds is 4. The third-order valence-electron chi connectivity index (χ3n) is 3.64. The molecule has 2 rings (SSSR count). The monoisotopic (exact) mass is 343 g/mol. The largest absolute Gasteiger partial charge is 0.339 e. The first-order valence-corrected chi connectivity index (χ1v) is 8.26. The highest BCUT2D eigenvalue weighted by Gasteiger charge is 2.22. The van der Waals surface area contributed by atoms with Crippen molar-refractivity contribution in [2.45, 2.75) is 65.3 Å². The number of nitrogens with zero attached hydrogens (tertiary/aromatic N) is 4. The van der Waals surface area contributed by atoms with E-state index in [1.165, 1.54) is 0 Å². The van der Waals surface area contributed by atoms with Crippen molar-refractivity contribution in [3.8, 4) is 6.07 Å². The van der Waals surface area contributed by atoms with Crippen molar-refractivity contribution >= 4 is 11.7 Å². The smallest absolute Gasteiger partial charge is 0.227 e. The van der Waals surface area contributed by atoms with E-state index >= 15 is 0 Å². The Morgan fingerprint density at radius 3 is 2.52 bits per heavy atom. The molecule has 1 amide bonds. The fraction of sp³-hybridized carbons (Fsp3) is 0.556. The average molecular weight is 343 g/mol. The van der Waals surface area contributed by atoms with Crippen molar-refractivity contribution in [3.05, 3.63) is 29.5 Å². The van der Waals surface area contributed by atoms with Crippen LogP contribution in [0.1, 0.15) is 65.2 Å². The van der Waals surface area contributed by atoms with Crippen LogP contribution in [0.2, 0.25) is 0 Å². The van der Waals surface area contributed by atoms with Gasteiger partial charge in [-0.3, -0.25) is 4.79 Å². The van der Waals surface area contributed by atoms with Gasteiger partial charge in [0.1, 0.15) is 11.9 Å². The molecule has 0 aliphatic carbocycles. The highest BCUT2D eigenvalue weighted by Crippen LogP contribution is 2.24. The standard InChI is InChI=1S/C18H25N5O2/c1-17(2,3)16-21-15(25-22-16)8-7-14(24)20-13-9-12(10-19)11-23(13)18(4,5)6/h9,11H,7-8H2,1-6H3,(H,20,24). The Hall–Kier alpha value is -2.62. The zero-order valence-electron chi connectivity index (χ0n) is 15.7. The number of amides is 1. The molecule has 0 saturated heterocycles. The van der Waals surface area contributed by atoms with Crippen LogP contribution >= 0.6 is 0 Å². The second kappa shape index (κ2) is 6.71. The van der Waals surface area contributed by atoms with Gasteiger partial charge in [-0.2, -0.15) is 10.2 Å². The Balaban J connectivity index is 2.03. The third kappa shape index (κ3) is 4.69. The van der Waals surface area contributed by atoms with Crippen molar-refractivity contribution in [3.63, 3.8) is 0 Å². The highest BCUT2D eigenvalue weighted by molar-refractivity contribution is 5.90. The Bertz CT molecular complexity index is 797. The summed E-state index contributed by atoms with van der Waals surface area (Å²) in [6.45, 7) is 12.0. The number of carbonyl (C=O) groups is 1. The molecule has 0 spiro atoms. The predicted molar refractivity (Wildman–Crippen MR) is 94.1 cm³/mol. The Morgan fingerprint density at radius 2 is 2.00 bits per heavy atom. The van der Waals surface area contributed by atoms with Gasteiger partial charge in [-0.05, 0) is 26.8 Å². The molecule has 0 aromatic carbocycles. The summed E-state index contributed by atoms with van der Waals surface area (Å²) in [5, 5.41) is 15.9. The second-order valence-corrected chi connectivity index (χ2v) is 8.08. The van der Waals surface area contributed by atoms with Gasteiger partial charge in [0.15, 0.2) is 5.82 Å². The molecule has 2 heterocycles. The molecule has 25 heavy (non-hydrogen) atoms. The van der Waals surface area contributed by atoms with Gasteiger partial charge in [0.05, 0.1) is 5.56 Å². The van der Waals surface area contributed by atoms with Crippen molar-refractivity contribution in [2.75, 3.05) is 5.32 Å². The second-order valence-electron chi connectivity index (χ2n) is 8.08. The summed E-state index contributed by atoms with van der Waals surface area (Å²) in [6.07, 6.45) is 2.34. The maximum Gasteiger partial charge on any atom is 0.227 e. The number of hydrogen-bond donors (Lipinski definition) is 1. The summed E-state index contributed by atoms with van der Waals surface area (Å²) in [5.41, 5.74) is 0.0776. The molecule has 0 aliphatic heterocycles. The number of hydrogen-bond acceptors (Lipinski definition) is 5. The molecule has 7 heteroatoms. The van der Waals surface area contributed by atoms with E-state index in [9.17, 15) is 4.79 Å². The Kier molecular flexibility index (Phi) is 5.02. The molecular weight excluding hydrogens is 318 g/mol. The van der Waals surface area contributed by atoms with Crippen LogP contribution in [0.25, 0.3) is 0 Å². The number of carbonyl (C=O) groups excluding carboxylic acids is 1. The first-order chi connectivity index (χ1) is 11.5. The maximum atomic E-state index is 12.3. The van der Waals surface area contributed by atoms with E-state index in [1.807, 2.05) is 46.1 Å². The summed E-state index contributed by atoms with van der Waals surface area (Å²) < 4.78 is 7.08. The predicted octanol–water partition coefficient (Wildman–Crippen LogP) is 3.37. The van der Waals surface area contributed by atoms with Gasteiger partial charge in [0.2, 0.25) is 11.8 Å². The van der Waals surface area contributed by atoms with Gasteiger partial charge in [-0.25, -0.2) is 0 Å². The first-order valence-electron chi connectivity index (χ1n) is 8.26. The van der Waals surface area contributed by atoms with E-state index in [2.05, 4.69) is 21.5 Å². The van der Waals surface area contributed by atoms with Crippen molar-refractivity contribution in [1.29, 1.82) is 5.26 Å². The van der Waals surface area contributed by atoms with Crippen LogP contribution in [-0.4, -0.2) is 20.6 Å². The lowest BCUT2D eigenvalue weighted by atomic mass is 9.96. The van der Waals surface area contributed by atoms with Gasteiger partial charge in [0.25, 0.3) is 0 Å². The molecule has 0 radical (unpaired) electrons. The lowest BCUT2D eigenvalue weighted by molar-refractivity contribution is -0.116. The molecule has 134 valence electrons. The van der Waals surface area contributed by atoms with E-state index in [-0.39, 0.29) is 23.3 Å². The molecule has 2 aromatic rings. The van der Waals surface area contributed by atoms with Crippen LogP contribution in [0.15, 0.2) is 16.8 Å². The highest BCUT2D eigenvalue weighted by atomic mass is 16.5. The van der Waals surface area contributed by atoms with E-state index in [0.29, 0.717) is 29.5 Å². The summed E-state index contributed by atoms with van der Waals surface area (Å²) in [7, 11) is 0. The molecule has 0 unspecified atom stereocenters. The normalized spacial score (nSPS) is 12.0. The van der Waals surface area contributed by atoms with Crippen LogP contribution < -0.4 is 5.32 Å². The van der Waals surface area contributed by atoms with Gasteiger partial charge >= 0.3 is 0 Å². The van der Waals surface area contributed by atoms with Gasteiger partial charge in [-0.15, -0.1) is 0 Å². The SMILES string of the molecule is CC(C)(C)c1noc(CCC(=O)Nc2cc(C#N)cn2C(C)(C)C)n1. The van der Waals surface area contributed by atoms with Gasteiger partial charge < -0.3 is 14.4 Å². The van der Waals surface area contributed by atoms with E-state index in [0.717, 1.165) is 0 Å². The molecule has 1 N–H and O–H groups in total. The van der Waals surface area contributed by atoms with Crippen molar-refractivity contribution in [1.82, 2.24) is 14.7 Å². The zero-order valence-corrected chi connectivity index (χ0v) is 15.7. The van der Waals surface area contributed by atoms with E-state index in [4.69, 9.17) is 9.78 Å².